The molecule has 0 aliphatic rings. The maximum Gasteiger partial charge on any atom is 0.287 e. The third kappa shape index (κ3) is 4.52. The summed E-state index contributed by atoms with van der Waals surface area (Å²) in [6.45, 7) is 7.26. The molecule has 0 aliphatic carbocycles. The van der Waals surface area contributed by atoms with Gasteiger partial charge in [-0.2, -0.15) is 0 Å². The Morgan fingerprint density at radius 1 is 1.33 bits per heavy atom. The second-order valence-electron chi connectivity index (χ2n) is 5.04. The van der Waals surface area contributed by atoms with Crippen LogP contribution in [0.2, 0.25) is 0 Å². The smallest absolute Gasteiger partial charge is 0.287 e. The first-order valence-electron chi connectivity index (χ1n) is 5.57. The predicted molar refractivity (Wildman–Crippen MR) is 71.2 cm³/mol. The largest absolute Gasteiger partial charge is 0.444 e. The van der Waals surface area contributed by atoms with Gasteiger partial charge >= 0.3 is 0 Å². The van der Waals surface area contributed by atoms with Crippen molar-refractivity contribution < 1.29 is 14.0 Å². The van der Waals surface area contributed by atoms with Crippen LogP contribution in [0.4, 0.5) is 0 Å². The molecule has 0 saturated heterocycles. The first kappa shape index (κ1) is 14.8. The van der Waals surface area contributed by atoms with Gasteiger partial charge in [-0.3, -0.25) is 9.59 Å². The van der Waals surface area contributed by atoms with E-state index >= 15 is 0 Å². The van der Waals surface area contributed by atoms with E-state index in [2.05, 4.69) is 26.6 Å². The molecular weight excluding hydrogens is 300 g/mol. The Morgan fingerprint density at radius 3 is 2.39 bits per heavy atom. The number of rotatable bonds is 3. The van der Waals surface area contributed by atoms with E-state index in [9.17, 15) is 9.59 Å². The highest BCUT2D eigenvalue weighted by Crippen LogP contribution is 2.13. The van der Waals surface area contributed by atoms with Crippen LogP contribution in [0, 0.1) is 0 Å². The number of hydrogen-bond donors (Lipinski definition) is 2. The van der Waals surface area contributed by atoms with Crippen molar-refractivity contribution in [2.24, 2.45) is 0 Å². The Morgan fingerprint density at radius 2 is 1.94 bits per heavy atom. The van der Waals surface area contributed by atoms with E-state index in [1.54, 1.807) is 13.0 Å². The second-order valence-corrected chi connectivity index (χ2v) is 5.82. The van der Waals surface area contributed by atoms with E-state index < -0.39 is 11.9 Å². The van der Waals surface area contributed by atoms with Crippen molar-refractivity contribution >= 4 is 27.7 Å². The third-order valence-corrected chi connectivity index (χ3v) is 2.46. The van der Waals surface area contributed by atoms with Crippen LogP contribution in [-0.4, -0.2) is 23.4 Å². The van der Waals surface area contributed by atoms with Crippen molar-refractivity contribution in [3.63, 3.8) is 0 Å². The van der Waals surface area contributed by atoms with Gasteiger partial charge in [0.2, 0.25) is 5.91 Å². The monoisotopic (exact) mass is 316 g/mol. The summed E-state index contributed by atoms with van der Waals surface area (Å²) >= 11 is 3.11. The van der Waals surface area contributed by atoms with Crippen LogP contribution in [0.3, 0.4) is 0 Å². The number of amides is 2. The topological polar surface area (TPSA) is 71.3 Å². The van der Waals surface area contributed by atoms with Crippen LogP contribution in [-0.2, 0) is 4.79 Å². The van der Waals surface area contributed by atoms with Crippen molar-refractivity contribution in [3.8, 4) is 0 Å². The SMILES string of the molecule is CC(NC(=O)c1ccc(Br)o1)C(=O)NC(C)(C)C. The minimum Gasteiger partial charge on any atom is -0.444 e. The Hall–Kier alpha value is -1.30. The molecule has 6 heteroatoms. The van der Waals surface area contributed by atoms with Gasteiger partial charge in [-0.15, -0.1) is 0 Å². The quantitative estimate of drug-likeness (QED) is 0.896. The summed E-state index contributed by atoms with van der Waals surface area (Å²) in [7, 11) is 0. The van der Waals surface area contributed by atoms with Crippen molar-refractivity contribution in [3.05, 3.63) is 22.6 Å². The van der Waals surface area contributed by atoms with E-state index in [1.807, 2.05) is 20.8 Å². The lowest BCUT2D eigenvalue weighted by Crippen LogP contribution is -2.50. The molecule has 0 saturated carbocycles. The zero-order valence-corrected chi connectivity index (χ0v) is 12.4. The van der Waals surface area contributed by atoms with E-state index in [4.69, 9.17) is 4.42 Å². The maximum absolute atomic E-state index is 11.8. The molecule has 2 amide bonds. The van der Waals surface area contributed by atoms with Crippen LogP contribution in [0.5, 0.6) is 0 Å². The fraction of sp³-hybridized carbons (Fsp3) is 0.500. The second kappa shape index (κ2) is 5.56. The summed E-state index contributed by atoms with van der Waals surface area (Å²) in [4.78, 5) is 23.5. The molecule has 1 aromatic heterocycles. The minimum absolute atomic E-state index is 0.164. The fourth-order valence-corrected chi connectivity index (χ4v) is 1.55. The van der Waals surface area contributed by atoms with Gasteiger partial charge in [0.05, 0.1) is 0 Å². The Labute approximate surface area is 114 Å². The maximum atomic E-state index is 11.8. The number of furan rings is 1. The van der Waals surface area contributed by atoms with Crippen molar-refractivity contribution in [1.29, 1.82) is 0 Å². The van der Waals surface area contributed by atoms with Gasteiger partial charge in [-0.25, -0.2) is 0 Å². The molecule has 0 spiro atoms. The molecule has 1 rings (SSSR count). The number of carbonyl (C=O) groups excluding carboxylic acids is 2. The lowest BCUT2D eigenvalue weighted by Gasteiger charge is -2.23. The molecule has 2 N–H and O–H groups in total. The number of carbonyl (C=O) groups is 2. The first-order valence-corrected chi connectivity index (χ1v) is 6.36. The van der Waals surface area contributed by atoms with E-state index in [0.717, 1.165) is 0 Å². The van der Waals surface area contributed by atoms with Crippen molar-refractivity contribution in [2.75, 3.05) is 0 Å². The van der Waals surface area contributed by atoms with Gasteiger partial charge in [0.25, 0.3) is 5.91 Å². The molecule has 0 aromatic carbocycles. The fourth-order valence-electron chi connectivity index (χ4n) is 1.25. The first-order chi connectivity index (χ1) is 8.19. The number of hydrogen-bond acceptors (Lipinski definition) is 3. The molecule has 1 unspecified atom stereocenters. The van der Waals surface area contributed by atoms with Gasteiger partial charge in [0, 0.05) is 5.54 Å². The van der Waals surface area contributed by atoms with Gasteiger partial charge in [0.15, 0.2) is 10.4 Å². The van der Waals surface area contributed by atoms with Crippen molar-refractivity contribution in [1.82, 2.24) is 10.6 Å². The average Bonchev–Trinajstić information content (AvgIpc) is 2.62. The van der Waals surface area contributed by atoms with Crippen LogP contribution in [0.15, 0.2) is 21.2 Å². The Balaban J connectivity index is 2.57. The summed E-state index contributed by atoms with van der Waals surface area (Å²) in [5.41, 5.74) is -0.330. The Bertz CT molecular complexity index is 448. The molecule has 0 radical (unpaired) electrons. The molecule has 1 aromatic rings. The molecule has 0 fully saturated rings. The van der Waals surface area contributed by atoms with Gasteiger partial charge in [-0.1, -0.05) is 0 Å². The summed E-state index contributed by atoms with van der Waals surface area (Å²) in [6, 6.07) is 2.53. The predicted octanol–water partition coefficient (Wildman–Crippen LogP) is 2.08. The molecular formula is C12H17BrN2O3. The van der Waals surface area contributed by atoms with E-state index in [1.165, 1.54) is 6.07 Å². The summed E-state index contributed by atoms with van der Waals surface area (Å²) < 4.78 is 5.57. The Kier molecular flexibility index (Phi) is 4.56. The van der Waals surface area contributed by atoms with Crippen LogP contribution >= 0.6 is 15.9 Å². The summed E-state index contributed by atoms with van der Waals surface area (Å²) in [5.74, 6) is -0.490. The molecule has 5 nitrogen and oxygen atoms in total. The van der Waals surface area contributed by atoms with E-state index in [0.29, 0.717) is 4.67 Å². The molecule has 1 heterocycles. The molecule has 0 aliphatic heterocycles. The molecule has 0 bridgehead atoms. The van der Waals surface area contributed by atoms with Crippen LogP contribution in [0.1, 0.15) is 38.2 Å². The highest BCUT2D eigenvalue weighted by atomic mass is 79.9. The highest BCUT2D eigenvalue weighted by Gasteiger charge is 2.22. The average molecular weight is 317 g/mol. The zero-order chi connectivity index (χ0) is 13.9. The van der Waals surface area contributed by atoms with E-state index in [-0.39, 0.29) is 17.2 Å². The lowest BCUT2D eigenvalue weighted by atomic mass is 10.1. The summed E-state index contributed by atoms with van der Waals surface area (Å²) in [5, 5.41) is 5.35. The van der Waals surface area contributed by atoms with Crippen molar-refractivity contribution in [2.45, 2.75) is 39.3 Å². The molecule has 18 heavy (non-hydrogen) atoms. The number of halogens is 1. The van der Waals surface area contributed by atoms with Gasteiger partial charge in [0.1, 0.15) is 6.04 Å². The summed E-state index contributed by atoms with van der Waals surface area (Å²) in [6.07, 6.45) is 0. The van der Waals surface area contributed by atoms with Gasteiger partial charge in [-0.05, 0) is 55.8 Å². The third-order valence-electron chi connectivity index (χ3n) is 2.04. The van der Waals surface area contributed by atoms with Crippen LogP contribution < -0.4 is 10.6 Å². The standard InChI is InChI=1S/C12H17BrN2O3/c1-7(10(16)15-12(2,3)4)14-11(17)8-5-6-9(13)18-8/h5-7H,1-4H3,(H,14,17)(H,15,16). The number of nitrogens with one attached hydrogen (secondary N) is 2. The minimum atomic E-state index is -0.624. The normalized spacial score (nSPS) is 12.9. The zero-order valence-electron chi connectivity index (χ0n) is 10.8. The van der Waals surface area contributed by atoms with Gasteiger partial charge < -0.3 is 15.1 Å². The lowest BCUT2D eigenvalue weighted by molar-refractivity contribution is -0.124. The highest BCUT2D eigenvalue weighted by molar-refractivity contribution is 9.10. The van der Waals surface area contributed by atoms with Crippen LogP contribution in [0.25, 0.3) is 0 Å². The molecule has 100 valence electrons. The molecule has 1 atom stereocenters.